The number of ether oxygens (including phenoxy) is 2. The molecular weight excluding hydrogens is 512 g/mol. The maximum Gasteiger partial charge on any atom is 0.264 e. The zero-order valence-electron chi connectivity index (χ0n) is 22.4. The van der Waals surface area contributed by atoms with Crippen LogP contribution in [0.2, 0.25) is 0 Å². The molecule has 0 aliphatic heterocycles. The Morgan fingerprint density at radius 1 is 0.821 bits per heavy atom. The van der Waals surface area contributed by atoms with Crippen molar-refractivity contribution in [2.75, 3.05) is 25.1 Å². The number of hydrogen-bond donors (Lipinski definition) is 1. The monoisotopic (exact) mass is 544 g/mol. The van der Waals surface area contributed by atoms with Crippen molar-refractivity contribution in [2.24, 2.45) is 0 Å². The van der Waals surface area contributed by atoms with Gasteiger partial charge in [0.05, 0.1) is 30.8 Å². The van der Waals surface area contributed by atoms with Gasteiger partial charge in [0.25, 0.3) is 10.0 Å². The van der Waals surface area contributed by atoms with Crippen molar-refractivity contribution in [1.29, 1.82) is 0 Å². The lowest BCUT2D eigenvalue weighted by atomic mass is 9.95. The van der Waals surface area contributed by atoms with E-state index in [2.05, 4.69) is 5.32 Å². The van der Waals surface area contributed by atoms with E-state index in [1.54, 1.807) is 12.1 Å². The normalized spacial score (nSPS) is 11.9. The summed E-state index contributed by atoms with van der Waals surface area (Å²) in [5, 5.41) is 3.08. The molecular formula is C31H32N2O5S. The number of amides is 1. The van der Waals surface area contributed by atoms with Crippen molar-refractivity contribution in [1.82, 2.24) is 5.32 Å². The van der Waals surface area contributed by atoms with Gasteiger partial charge in [0.15, 0.2) is 11.5 Å². The van der Waals surface area contributed by atoms with Gasteiger partial charge in [-0.2, -0.15) is 0 Å². The van der Waals surface area contributed by atoms with Crippen LogP contribution in [0.4, 0.5) is 5.69 Å². The highest BCUT2D eigenvalue weighted by Crippen LogP contribution is 2.32. The molecule has 4 rings (SSSR count). The van der Waals surface area contributed by atoms with Crippen LogP contribution in [0.5, 0.6) is 11.5 Å². The SMILES string of the molecule is COc1ccc(S(=O)(=O)N(CC(=O)N[C@H](c2ccccc2)c2ccccc2C)c2ccc(C)cc2)cc1OC. The zero-order valence-corrected chi connectivity index (χ0v) is 23.2. The number of sulfonamides is 1. The first-order valence-electron chi connectivity index (χ1n) is 12.5. The van der Waals surface area contributed by atoms with Gasteiger partial charge in [-0.05, 0) is 54.8 Å². The van der Waals surface area contributed by atoms with Crippen molar-refractivity contribution >= 4 is 21.6 Å². The van der Waals surface area contributed by atoms with E-state index >= 15 is 0 Å². The smallest absolute Gasteiger partial charge is 0.264 e. The van der Waals surface area contributed by atoms with Crippen LogP contribution in [0.1, 0.15) is 28.3 Å². The summed E-state index contributed by atoms with van der Waals surface area (Å²) in [5.74, 6) is 0.229. The lowest BCUT2D eigenvalue weighted by Gasteiger charge is -2.27. The van der Waals surface area contributed by atoms with Crippen molar-refractivity contribution in [2.45, 2.75) is 24.8 Å². The predicted molar refractivity (Wildman–Crippen MR) is 153 cm³/mol. The van der Waals surface area contributed by atoms with Crippen LogP contribution < -0.4 is 19.1 Å². The molecule has 0 fully saturated rings. The summed E-state index contributed by atoms with van der Waals surface area (Å²) in [6, 6.07) is 28.3. The second kappa shape index (κ2) is 12.0. The van der Waals surface area contributed by atoms with E-state index in [0.717, 1.165) is 26.6 Å². The number of nitrogens with one attached hydrogen (secondary N) is 1. The van der Waals surface area contributed by atoms with E-state index in [1.807, 2.05) is 80.6 Å². The molecule has 8 heteroatoms. The number of benzene rings is 4. The predicted octanol–water partition coefficient (Wildman–Crippen LogP) is 5.42. The number of aryl methyl sites for hydroxylation is 2. The lowest BCUT2D eigenvalue weighted by Crippen LogP contribution is -2.42. The van der Waals surface area contributed by atoms with Gasteiger partial charge < -0.3 is 14.8 Å². The summed E-state index contributed by atoms with van der Waals surface area (Å²) in [5.41, 5.74) is 4.18. The average Bonchev–Trinajstić information content (AvgIpc) is 2.95. The number of rotatable bonds is 10. The van der Waals surface area contributed by atoms with Crippen LogP contribution in [0.25, 0.3) is 0 Å². The minimum atomic E-state index is -4.16. The second-order valence-electron chi connectivity index (χ2n) is 9.13. The third-order valence-electron chi connectivity index (χ3n) is 6.49. The Hall–Kier alpha value is -4.30. The number of carbonyl (C=O) groups is 1. The summed E-state index contributed by atoms with van der Waals surface area (Å²) in [4.78, 5) is 13.6. The molecule has 39 heavy (non-hydrogen) atoms. The van der Waals surface area contributed by atoms with Gasteiger partial charge in [-0.1, -0.05) is 72.3 Å². The van der Waals surface area contributed by atoms with Crippen LogP contribution >= 0.6 is 0 Å². The number of carbonyl (C=O) groups excluding carboxylic acids is 1. The molecule has 0 bridgehead atoms. The van der Waals surface area contributed by atoms with Crippen LogP contribution in [0.3, 0.4) is 0 Å². The number of anilines is 1. The van der Waals surface area contributed by atoms with Crippen molar-refractivity contribution in [3.8, 4) is 11.5 Å². The van der Waals surface area contributed by atoms with Gasteiger partial charge in [-0.25, -0.2) is 8.42 Å². The molecule has 202 valence electrons. The fraction of sp³-hybridized carbons (Fsp3) is 0.194. The summed E-state index contributed by atoms with van der Waals surface area (Å²) in [6.45, 7) is 3.48. The third kappa shape index (κ3) is 6.23. The van der Waals surface area contributed by atoms with E-state index in [-0.39, 0.29) is 10.6 Å². The Morgan fingerprint density at radius 2 is 1.46 bits per heavy atom. The summed E-state index contributed by atoms with van der Waals surface area (Å²) >= 11 is 0. The minimum Gasteiger partial charge on any atom is -0.493 e. The van der Waals surface area contributed by atoms with Gasteiger partial charge >= 0.3 is 0 Å². The fourth-order valence-corrected chi connectivity index (χ4v) is 5.80. The Kier molecular flexibility index (Phi) is 8.56. The summed E-state index contributed by atoms with van der Waals surface area (Å²) in [6.07, 6.45) is 0. The number of nitrogens with zero attached hydrogens (tertiary/aromatic N) is 1. The fourth-order valence-electron chi connectivity index (χ4n) is 4.36. The first-order valence-corrected chi connectivity index (χ1v) is 13.9. The first kappa shape index (κ1) is 27.7. The largest absolute Gasteiger partial charge is 0.493 e. The molecule has 0 spiro atoms. The molecule has 0 saturated carbocycles. The Balaban J connectivity index is 1.72. The molecule has 0 aliphatic rings. The van der Waals surface area contributed by atoms with Crippen LogP contribution in [0.15, 0.2) is 102 Å². The highest BCUT2D eigenvalue weighted by Gasteiger charge is 2.29. The average molecular weight is 545 g/mol. The zero-order chi connectivity index (χ0) is 28.0. The van der Waals surface area contributed by atoms with Crippen molar-refractivity contribution in [3.05, 3.63) is 119 Å². The molecule has 1 atom stereocenters. The Labute approximate surface area is 230 Å². The van der Waals surface area contributed by atoms with Gasteiger partial charge in [-0.15, -0.1) is 0 Å². The number of hydrogen-bond acceptors (Lipinski definition) is 5. The van der Waals surface area contributed by atoms with E-state index in [0.29, 0.717) is 11.4 Å². The van der Waals surface area contributed by atoms with Crippen LogP contribution in [0, 0.1) is 13.8 Å². The van der Waals surface area contributed by atoms with E-state index < -0.39 is 28.5 Å². The van der Waals surface area contributed by atoms with Gasteiger partial charge in [0.2, 0.25) is 5.91 Å². The number of methoxy groups -OCH3 is 2. The Morgan fingerprint density at radius 3 is 2.10 bits per heavy atom. The highest BCUT2D eigenvalue weighted by molar-refractivity contribution is 7.92. The standard InChI is InChI=1S/C31H32N2O5S/c1-22-14-16-25(17-15-22)33(39(35,36)26-18-19-28(37-3)29(20-26)38-4)21-30(34)32-31(24-11-6-5-7-12-24)27-13-9-8-10-23(27)2/h5-20,31H,21H2,1-4H3,(H,32,34)/t31-/m1/s1. The van der Waals surface area contributed by atoms with Crippen molar-refractivity contribution in [3.63, 3.8) is 0 Å². The van der Waals surface area contributed by atoms with Crippen molar-refractivity contribution < 1.29 is 22.7 Å². The highest BCUT2D eigenvalue weighted by atomic mass is 32.2. The third-order valence-corrected chi connectivity index (χ3v) is 8.26. The van der Waals surface area contributed by atoms with Crippen LogP contribution in [-0.2, 0) is 14.8 Å². The summed E-state index contributed by atoms with van der Waals surface area (Å²) < 4.78 is 39.6. The van der Waals surface area contributed by atoms with Gasteiger partial charge in [0, 0.05) is 6.07 Å². The molecule has 0 aliphatic carbocycles. The molecule has 4 aromatic carbocycles. The molecule has 0 unspecified atom stereocenters. The second-order valence-corrected chi connectivity index (χ2v) is 11.0. The molecule has 1 amide bonds. The maximum atomic E-state index is 14.0. The Bertz CT molecular complexity index is 1540. The van der Waals surface area contributed by atoms with Crippen LogP contribution in [-0.4, -0.2) is 35.1 Å². The molecule has 0 heterocycles. The topological polar surface area (TPSA) is 84.9 Å². The first-order chi connectivity index (χ1) is 18.7. The molecule has 0 saturated heterocycles. The van der Waals surface area contributed by atoms with E-state index in [1.165, 1.54) is 32.4 Å². The lowest BCUT2D eigenvalue weighted by molar-refractivity contribution is -0.120. The van der Waals surface area contributed by atoms with Gasteiger partial charge in [-0.3, -0.25) is 9.10 Å². The molecule has 7 nitrogen and oxygen atoms in total. The van der Waals surface area contributed by atoms with E-state index in [9.17, 15) is 13.2 Å². The minimum absolute atomic E-state index is 0.0213. The summed E-state index contributed by atoms with van der Waals surface area (Å²) in [7, 11) is -1.24. The van der Waals surface area contributed by atoms with Gasteiger partial charge in [0.1, 0.15) is 6.54 Å². The maximum absolute atomic E-state index is 14.0. The molecule has 0 radical (unpaired) electrons. The van der Waals surface area contributed by atoms with E-state index in [4.69, 9.17) is 9.47 Å². The molecule has 1 N–H and O–H groups in total. The molecule has 0 aromatic heterocycles. The molecule has 4 aromatic rings. The quantitative estimate of drug-likeness (QED) is 0.288.